The summed E-state index contributed by atoms with van der Waals surface area (Å²) in [5.74, 6) is 2.68. The largest absolute Gasteiger partial charge is 0.494 e. The van der Waals surface area contributed by atoms with E-state index in [0.717, 1.165) is 36.6 Å². The van der Waals surface area contributed by atoms with Crippen molar-refractivity contribution in [2.24, 2.45) is 5.92 Å². The Morgan fingerprint density at radius 1 is 1.14 bits per heavy atom. The van der Waals surface area contributed by atoms with Gasteiger partial charge < -0.3 is 14.8 Å². The van der Waals surface area contributed by atoms with Crippen LogP contribution in [0.4, 0.5) is 0 Å². The molecule has 3 rings (SSSR count). The van der Waals surface area contributed by atoms with Crippen LogP contribution in [0.2, 0.25) is 0 Å². The molecule has 2 saturated heterocycles. The highest BCUT2D eigenvalue weighted by Gasteiger charge is 2.32. The second-order valence-electron chi connectivity index (χ2n) is 5.95. The molecule has 22 heavy (non-hydrogen) atoms. The van der Waals surface area contributed by atoms with Crippen LogP contribution in [0, 0.1) is 5.92 Å². The minimum absolute atomic E-state index is 0. The molecule has 124 valence electrons. The molecule has 0 amide bonds. The van der Waals surface area contributed by atoms with Gasteiger partial charge in [0.2, 0.25) is 0 Å². The van der Waals surface area contributed by atoms with Gasteiger partial charge in [0, 0.05) is 19.1 Å². The van der Waals surface area contributed by atoms with Crippen molar-refractivity contribution in [1.29, 1.82) is 0 Å². The lowest BCUT2D eigenvalue weighted by atomic mass is 9.93. The first kappa shape index (κ1) is 17.4. The highest BCUT2D eigenvalue weighted by Crippen LogP contribution is 2.24. The zero-order chi connectivity index (χ0) is 14.5. The van der Waals surface area contributed by atoms with E-state index < -0.39 is 0 Å². The van der Waals surface area contributed by atoms with Gasteiger partial charge in [0.15, 0.2) is 0 Å². The topological polar surface area (TPSA) is 33.7 Å². The molecule has 2 aliphatic rings. The predicted octanol–water partition coefficient (Wildman–Crippen LogP) is 2.57. The summed E-state index contributed by atoms with van der Waals surface area (Å²) < 4.78 is 11.3. The van der Waals surface area contributed by atoms with Crippen molar-refractivity contribution < 1.29 is 9.47 Å². The Morgan fingerprint density at radius 3 is 2.59 bits per heavy atom. The van der Waals surface area contributed by atoms with Gasteiger partial charge in [-0.1, -0.05) is 0 Å². The SMILES string of the molecule is CCOc1ccc(OCCN2CCC3NCCC3C2)cc1.Cl. The van der Waals surface area contributed by atoms with E-state index >= 15 is 0 Å². The van der Waals surface area contributed by atoms with Crippen LogP contribution in [-0.2, 0) is 0 Å². The minimum atomic E-state index is 0. The molecule has 0 spiro atoms. The Kier molecular flexibility index (Phi) is 6.80. The zero-order valence-corrected chi connectivity index (χ0v) is 14.1. The van der Waals surface area contributed by atoms with Crippen molar-refractivity contribution in [3.8, 4) is 11.5 Å². The molecule has 0 bridgehead atoms. The van der Waals surface area contributed by atoms with E-state index in [9.17, 15) is 0 Å². The third-order valence-corrected chi connectivity index (χ3v) is 4.55. The Hall–Kier alpha value is -0.970. The Balaban J connectivity index is 0.00000176. The van der Waals surface area contributed by atoms with Crippen LogP contribution < -0.4 is 14.8 Å². The summed E-state index contributed by atoms with van der Waals surface area (Å²) in [5.41, 5.74) is 0. The van der Waals surface area contributed by atoms with Gasteiger partial charge in [0.25, 0.3) is 0 Å². The second kappa shape index (κ2) is 8.61. The molecule has 0 aromatic heterocycles. The second-order valence-corrected chi connectivity index (χ2v) is 5.95. The van der Waals surface area contributed by atoms with Gasteiger partial charge in [-0.3, -0.25) is 4.90 Å². The molecule has 2 heterocycles. The molecule has 0 radical (unpaired) electrons. The van der Waals surface area contributed by atoms with Gasteiger partial charge in [0.05, 0.1) is 6.61 Å². The number of ether oxygens (including phenoxy) is 2. The van der Waals surface area contributed by atoms with Crippen molar-refractivity contribution in [1.82, 2.24) is 10.2 Å². The third-order valence-electron chi connectivity index (χ3n) is 4.55. The fourth-order valence-electron chi connectivity index (χ4n) is 3.42. The first-order valence-corrected chi connectivity index (χ1v) is 8.16. The molecular formula is C17H27ClN2O2. The number of halogens is 1. The van der Waals surface area contributed by atoms with Crippen molar-refractivity contribution in [3.63, 3.8) is 0 Å². The maximum Gasteiger partial charge on any atom is 0.119 e. The first-order chi connectivity index (χ1) is 10.3. The molecule has 4 nitrogen and oxygen atoms in total. The number of fused-ring (bicyclic) bond motifs is 1. The van der Waals surface area contributed by atoms with Crippen molar-refractivity contribution in [3.05, 3.63) is 24.3 Å². The average Bonchev–Trinajstić information content (AvgIpc) is 2.97. The maximum absolute atomic E-state index is 5.84. The Labute approximate surface area is 139 Å². The maximum atomic E-state index is 5.84. The highest BCUT2D eigenvalue weighted by atomic mass is 35.5. The van der Waals surface area contributed by atoms with Gasteiger partial charge in [-0.05, 0) is 63.0 Å². The lowest BCUT2D eigenvalue weighted by Gasteiger charge is -2.34. The summed E-state index contributed by atoms with van der Waals surface area (Å²) in [6, 6.07) is 8.67. The smallest absolute Gasteiger partial charge is 0.119 e. The third kappa shape index (κ3) is 4.51. The summed E-state index contributed by atoms with van der Waals surface area (Å²) in [6.45, 7) is 8.10. The lowest BCUT2D eigenvalue weighted by Crippen LogP contribution is -2.45. The zero-order valence-electron chi connectivity index (χ0n) is 13.3. The molecule has 0 aliphatic carbocycles. The van der Waals surface area contributed by atoms with Gasteiger partial charge in [-0.2, -0.15) is 0 Å². The standard InChI is InChI=1S/C17H26N2O2.ClH/c1-2-20-15-3-5-16(6-4-15)21-12-11-19-10-8-17-14(13-19)7-9-18-17;/h3-6,14,17-18H,2,7-13H2,1H3;1H. The van der Waals surface area contributed by atoms with Crippen molar-refractivity contribution >= 4 is 12.4 Å². The van der Waals surface area contributed by atoms with E-state index in [0.29, 0.717) is 6.61 Å². The van der Waals surface area contributed by atoms with Gasteiger partial charge >= 0.3 is 0 Å². The van der Waals surface area contributed by atoms with E-state index in [1.807, 2.05) is 31.2 Å². The number of benzene rings is 1. The van der Waals surface area contributed by atoms with Crippen LogP contribution in [0.1, 0.15) is 19.8 Å². The monoisotopic (exact) mass is 326 g/mol. The molecule has 1 N–H and O–H groups in total. The van der Waals surface area contributed by atoms with Crippen LogP contribution in [0.3, 0.4) is 0 Å². The predicted molar refractivity (Wildman–Crippen MR) is 91.3 cm³/mol. The molecular weight excluding hydrogens is 300 g/mol. The normalized spacial score (nSPS) is 24.4. The van der Waals surface area contributed by atoms with Crippen LogP contribution in [0.25, 0.3) is 0 Å². The van der Waals surface area contributed by atoms with Gasteiger partial charge in [-0.25, -0.2) is 0 Å². The fourth-order valence-corrected chi connectivity index (χ4v) is 3.42. The van der Waals surface area contributed by atoms with E-state index in [1.165, 1.54) is 32.5 Å². The summed E-state index contributed by atoms with van der Waals surface area (Å²) >= 11 is 0. The molecule has 1 aromatic rings. The summed E-state index contributed by atoms with van der Waals surface area (Å²) in [4.78, 5) is 2.54. The first-order valence-electron chi connectivity index (χ1n) is 8.16. The molecule has 2 atom stereocenters. The number of hydrogen-bond donors (Lipinski definition) is 1. The summed E-state index contributed by atoms with van der Waals surface area (Å²) in [7, 11) is 0. The minimum Gasteiger partial charge on any atom is -0.494 e. The molecule has 1 aromatic carbocycles. The summed E-state index contributed by atoms with van der Waals surface area (Å²) in [5, 5.41) is 3.61. The lowest BCUT2D eigenvalue weighted by molar-refractivity contribution is 0.138. The number of nitrogens with zero attached hydrogens (tertiary/aromatic N) is 1. The van der Waals surface area contributed by atoms with Crippen LogP contribution in [-0.4, -0.2) is 50.3 Å². The molecule has 0 saturated carbocycles. The van der Waals surface area contributed by atoms with E-state index in [1.54, 1.807) is 0 Å². The van der Waals surface area contributed by atoms with Crippen LogP contribution in [0.5, 0.6) is 11.5 Å². The van der Waals surface area contributed by atoms with E-state index in [4.69, 9.17) is 9.47 Å². The summed E-state index contributed by atoms with van der Waals surface area (Å²) in [6.07, 6.45) is 2.62. The number of likely N-dealkylation sites (tertiary alicyclic amines) is 1. The number of piperidine rings is 1. The quantitative estimate of drug-likeness (QED) is 0.871. The number of hydrogen-bond acceptors (Lipinski definition) is 4. The van der Waals surface area contributed by atoms with Crippen molar-refractivity contribution in [2.75, 3.05) is 39.4 Å². The highest BCUT2D eigenvalue weighted by molar-refractivity contribution is 5.85. The molecule has 2 fully saturated rings. The molecule has 2 unspecified atom stereocenters. The van der Waals surface area contributed by atoms with Crippen LogP contribution >= 0.6 is 12.4 Å². The molecule has 5 heteroatoms. The van der Waals surface area contributed by atoms with Crippen LogP contribution in [0.15, 0.2) is 24.3 Å². The van der Waals surface area contributed by atoms with Crippen molar-refractivity contribution in [2.45, 2.75) is 25.8 Å². The van der Waals surface area contributed by atoms with Gasteiger partial charge in [0.1, 0.15) is 18.1 Å². The van der Waals surface area contributed by atoms with E-state index in [-0.39, 0.29) is 12.4 Å². The Bertz CT molecular complexity index is 441. The average molecular weight is 327 g/mol. The number of rotatable bonds is 6. The number of nitrogens with one attached hydrogen (secondary N) is 1. The van der Waals surface area contributed by atoms with E-state index in [2.05, 4.69) is 10.2 Å². The molecule has 2 aliphatic heterocycles. The van der Waals surface area contributed by atoms with Gasteiger partial charge in [-0.15, -0.1) is 12.4 Å². The fraction of sp³-hybridized carbons (Fsp3) is 0.647. The Morgan fingerprint density at radius 2 is 1.86 bits per heavy atom.